The number of likely N-dealkylation sites (tertiary alicyclic amines) is 1. The number of carbonyl (C=O) groups excluding carboxylic acids is 2. The van der Waals surface area contributed by atoms with Crippen LogP contribution in [0.25, 0.3) is 11.1 Å². The van der Waals surface area contributed by atoms with Gasteiger partial charge in [0, 0.05) is 62.6 Å². The van der Waals surface area contributed by atoms with Gasteiger partial charge in [-0.3, -0.25) is 14.5 Å². The van der Waals surface area contributed by atoms with Crippen molar-refractivity contribution in [2.24, 2.45) is 0 Å². The number of rotatable bonds is 8. The van der Waals surface area contributed by atoms with Crippen molar-refractivity contribution in [3.05, 3.63) is 83.0 Å². The number of aromatic nitrogens is 1. The fraction of sp³-hybridized carbons (Fsp3) is 0.472. The summed E-state index contributed by atoms with van der Waals surface area (Å²) in [6, 6.07) is 18.2. The van der Waals surface area contributed by atoms with Crippen LogP contribution in [0.1, 0.15) is 63.9 Å². The molecule has 2 amide bonds. The van der Waals surface area contributed by atoms with Crippen LogP contribution in [0, 0.1) is 6.92 Å². The second-order valence-corrected chi connectivity index (χ2v) is 12.9. The Morgan fingerprint density at radius 3 is 2.42 bits per heavy atom. The molecular formula is C36H46N6O3. The Balaban J connectivity index is 1.05. The maximum atomic E-state index is 13.4. The van der Waals surface area contributed by atoms with Gasteiger partial charge in [0.15, 0.2) is 0 Å². The molecule has 1 aliphatic carbocycles. The van der Waals surface area contributed by atoms with Gasteiger partial charge in [0.1, 0.15) is 5.82 Å². The number of amides is 2. The van der Waals surface area contributed by atoms with Crippen molar-refractivity contribution in [3.63, 3.8) is 0 Å². The summed E-state index contributed by atoms with van der Waals surface area (Å²) in [4.78, 5) is 38.0. The van der Waals surface area contributed by atoms with E-state index in [-0.39, 0.29) is 29.8 Å². The Kier molecular flexibility index (Phi) is 9.78. The summed E-state index contributed by atoms with van der Waals surface area (Å²) >= 11 is 0. The molecule has 2 atom stereocenters. The van der Waals surface area contributed by atoms with E-state index in [0.717, 1.165) is 88.1 Å². The van der Waals surface area contributed by atoms with Gasteiger partial charge in [0.25, 0.3) is 11.8 Å². The normalized spacial score (nSPS) is 21.6. The summed E-state index contributed by atoms with van der Waals surface area (Å²) in [5.41, 5.74) is 11.2. The largest absolute Gasteiger partial charge is 0.383 e. The highest BCUT2D eigenvalue weighted by Crippen LogP contribution is 2.27. The smallest absolute Gasteiger partial charge is 0.255 e. The molecule has 45 heavy (non-hydrogen) atoms. The van der Waals surface area contributed by atoms with Gasteiger partial charge in [-0.15, -0.1) is 0 Å². The van der Waals surface area contributed by atoms with Gasteiger partial charge in [-0.1, -0.05) is 42.0 Å². The molecule has 3 aliphatic rings. The van der Waals surface area contributed by atoms with E-state index < -0.39 is 0 Å². The molecule has 0 bridgehead atoms. The lowest BCUT2D eigenvalue weighted by Gasteiger charge is -2.42. The minimum atomic E-state index is -0.246. The van der Waals surface area contributed by atoms with Gasteiger partial charge in [0.05, 0.1) is 24.3 Å². The zero-order valence-corrected chi connectivity index (χ0v) is 26.6. The first kappa shape index (κ1) is 31.2. The second kappa shape index (κ2) is 14.1. The topological polar surface area (TPSA) is 104 Å². The van der Waals surface area contributed by atoms with Gasteiger partial charge >= 0.3 is 0 Å². The number of nitrogens with one attached hydrogen (secondary N) is 1. The molecule has 3 heterocycles. The third-order valence-corrected chi connectivity index (χ3v) is 9.75. The summed E-state index contributed by atoms with van der Waals surface area (Å²) < 4.78 is 6.23. The lowest BCUT2D eigenvalue weighted by molar-refractivity contribution is 0.0272. The van der Waals surface area contributed by atoms with Crippen LogP contribution in [0.15, 0.2) is 60.8 Å². The lowest BCUT2D eigenvalue weighted by Crippen LogP contribution is -2.52. The third-order valence-electron chi connectivity index (χ3n) is 9.75. The van der Waals surface area contributed by atoms with Crippen LogP contribution >= 0.6 is 0 Å². The first-order chi connectivity index (χ1) is 21.8. The Bertz CT molecular complexity index is 1480. The van der Waals surface area contributed by atoms with Gasteiger partial charge in [0.2, 0.25) is 0 Å². The minimum absolute atomic E-state index is 0.0468. The van der Waals surface area contributed by atoms with Crippen LogP contribution in [0.5, 0.6) is 0 Å². The molecule has 2 saturated heterocycles. The molecule has 0 unspecified atom stereocenters. The van der Waals surface area contributed by atoms with E-state index in [4.69, 9.17) is 10.5 Å². The molecule has 0 spiro atoms. The molecule has 238 valence electrons. The van der Waals surface area contributed by atoms with Gasteiger partial charge in [-0.25, -0.2) is 4.98 Å². The van der Waals surface area contributed by atoms with Crippen molar-refractivity contribution in [3.8, 4) is 11.1 Å². The van der Waals surface area contributed by atoms with Crippen LogP contribution in [0.2, 0.25) is 0 Å². The quantitative estimate of drug-likeness (QED) is 0.391. The van der Waals surface area contributed by atoms with E-state index in [1.54, 1.807) is 12.3 Å². The lowest BCUT2D eigenvalue weighted by atomic mass is 10.00. The number of nitrogens with two attached hydrogens (primary N) is 1. The molecule has 9 heteroatoms. The number of nitrogen functional groups attached to an aromatic ring is 1. The molecule has 0 radical (unpaired) electrons. The number of piperazine rings is 1. The average Bonchev–Trinajstić information content (AvgIpc) is 3.51. The first-order valence-corrected chi connectivity index (χ1v) is 16.4. The maximum Gasteiger partial charge on any atom is 0.255 e. The molecule has 2 aliphatic heterocycles. The Hall–Kier alpha value is -3.79. The summed E-state index contributed by atoms with van der Waals surface area (Å²) in [6.07, 6.45) is 6.44. The van der Waals surface area contributed by atoms with E-state index in [1.807, 2.05) is 35.2 Å². The molecule has 1 saturated carbocycles. The standard InChI is InChI=1S/C36H46N6O3/c1-25-5-3-6-26(21-25)24-45-33-8-4-7-32(33)39-35(43)31-22-29(23-38-34(31)37)27-9-11-28(12-10-27)36(44)42-15-13-30(14-16-42)41-19-17-40(2)18-20-41/h3,5-6,9-12,21-23,30,32-33H,4,7-8,13-20,24H2,1-2H3,(H2,37,38)(H,39,43)/t32-,33-/m0/s1. The second-order valence-electron chi connectivity index (χ2n) is 12.9. The number of ether oxygens (including phenoxy) is 1. The molecule has 1 aromatic heterocycles. The van der Waals surface area contributed by atoms with Crippen molar-refractivity contribution in [2.75, 3.05) is 52.0 Å². The molecule has 9 nitrogen and oxygen atoms in total. The monoisotopic (exact) mass is 610 g/mol. The highest BCUT2D eigenvalue weighted by atomic mass is 16.5. The molecular weight excluding hydrogens is 564 g/mol. The Morgan fingerprint density at radius 2 is 1.69 bits per heavy atom. The number of likely N-dealkylation sites (N-methyl/N-ethyl adjacent to an activating group) is 1. The van der Waals surface area contributed by atoms with Crippen LogP contribution in [0.3, 0.4) is 0 Å². The number of nitrogens with zero attached hydrogens (tertiary/aromatic N) is 4. The van der Waals surface area contributed by atoms with Crippen molar-refractivity contribution in [1.82, 2.24) is 25.0 Å². The number of hydrogen-bond donors (Lipinski definition) is 2. The van der Waals surface area contributed by atoms with E-state index in [2.05, 4.69) is 52.3 Å². The summed E-state index contributed by atoms with van der Waals surface area (Å²) in [7, 11) is 2.18. The SMILES string of the molecule is Cc1cccc(CO[C@H]2CCC[C@@H]2NC(=O)c2cc(-c3ccc(C(=O)N4CCC(N5CCN(C)CC5)CC4)cc3)cnc2N)c1. The van der Waals surface area contributed by atoms with Gasteiger partial charge in [-0.2, -0.15) is 0 Å². The van der Waals surface area contributed by atoms with E-state index in [1.165, 1.54) is 5.56 Å². The van der Waals surface area contributed by atoms with Crippen molar-refractivity contribution in [1.29, 1.82) is 0 Å². The number of piperidine rings is 1. The highest BCUT2D eigenvalue weighted by molar-refractivity contribution is 6.00. The molecule has 3 fully saturated rings. The number of carbonyl (C=O) groups is 2. The van der Waals surface area contributed by atoms with E-state index in [9.17, 15) is 9.59 Å². The molecule has 6 rings (SSSR count). The minimum Gasteiger partial charge on any atom is -0.383 e. The number of anilines is 1. The average molecular weight is 611 g/mol. The van der Waals surface area contributed by atoms with Crippen molar-refractivity contribution >= 4 is 17.6 Å². The fourth-order valence-corrected chi connectivity index (χ4v) is 6.97. The van der Waals surface area contributed by atoms with E-state index >= 15 is 0 Å². The Morgan fingerprint density at radius 1 is 0.933 bits per heavy atom. The first-order valence-electron chi connectivity index (χ1n) is 16.4. The third kappa shape index (κ3) is 7.54. The molecule has 3 N–H and O–H groups in total. The number of pyridine rings is 1. The predicted octanol–water partition coefficient (Wildman–Crippen LogP) is 4.36. The number of hydrogen-bond acceptors (Lipinski definition) is 7. The molecule has 2 aromatic carbocycles. The zero-order chi connectivity index (χ0) is 31.3. The highest BCUT2D eigenvalue weighted by Gasteiger charge is 2.31. The van der Waals surface area contributed by atoms with Gasteiger partial charge in [-0.05, 0) is 75.4 Å². The molecule has 3 aromatic rings. The van der Waals surface area contributed by atoms with Crippen LogP contribution < -0.4 is 11.1 Å². The van der Waals surface area contributed by atoms with E-state index in [0.29, 0.717) is 23.8 Å². The number of benzene rings is 2. The van der Waals surface area contributed by atoms with Crippen molar-refractivity contribution in [2.45, 2.75) is 63.8 Å². The van der Waals surface area contributed by atoms with Gasteiger partial charge < -0.3 is 25.6 Å². The zero-order valence-electron chi connectivity index (χ0n) is 26.6. The summed E-state index contributed by atoms with van der Waals surface area (Å²) in [5.74, 6) is 0.0209. The summed E-state index contributed by atoms with van der Waals surface area (Å²) in [6.45, 7) is 8.63. The number of aryl methyl sites for hydroxylation is 1. The maximum absolute atomic E-state index is 13.4. The Labute approximate surface area is 266 Å². The fourth-order valence-electron chi connectivity index (χ4n) is 6.97. The van der Waals surface area contributed by atoms with Crippen LogP contribution in [0.4, 0.5) is 5.82 Å². The summed E-state index contributed by atoms with van der Waals surface area (Å²) in [5, 5.41) is 3.16. The van der Waals surface area contributed by atoms with Crippen molar-refractivity contribution < 1.29 is 14.3 Å². The van der Waals surface area contributed by atoms with Crippen LogP contribution in [-0.2, 0) is 11.3 Å². The predicted molar refractivity (Wildman–Crippen MR) is 177 cm³/mol. The van der Waals surface area contributed by atoms with Crippen LogP contribution in [-0.4, -0.2) is 96.0 Å².